The van der Waals surface area contributed by atoms with Gasteiger partial charge in [0, 0.05) is 43.6 Å². The lowest BCUT2D eigenvalue weighted by molar-refractivity contribution is 0.190. The average Bonchev–Trinajstić information content (AvgIpc) is 3.30. The Kier molecular flexibility index (Phi) is 8.80. The summed E-state index contributed by atoms with van der Waals surface area (Å²) in [5.74, 6) is -0.441. The van der Waals surface area contributed by atoms with Crippen LogP contribution in [0.3, 0.4) is 0 Å². The van der Waals surface area contributed by atoms with E-state index < -0.39 is 17.7 Å². The highest BCUT2D eigenvalue weighted by molar-refractivity contribution is 5.74. The molecule has 0 bridgehead atoms. The topological polar surface area (TPSA) is 59.4 Å². The Bertz CT molecular complexity index is 990. The standard InChI is InChI=1S/C25H30F2N4O2/c1-3-33-21-10-8-20(9-11-21)17-31(14-5-13-30-15-12-28-18-30)25(32)29-19(2)16-22-23(26)6-4-7-24(22)27/h4,6-12,15,18-19H,3,5,13-14,16-17H2,1-2H3,(H,29,32). The smallest absolute Gasteiger partial charge is 0.317 e. The minimum atomic E-state index is -0.609. The number of imidazole rings is 1. The minimum absolute atomic E-state index is 0.0246. The van der Waals surface area contributed by atoms with E-state index in [1.807, 2.05) is 42.0 Å². The van der Waals surface area contributed by atoms with Crippen molar-refractivity contribution < 1.29 is 18.3 Å². The van der Waals surface area contributed by atoms with Gasteiger partial charge in [-0.2, -0.15) is 0 Å². The highest BCUT2D eigenvalue weighted by Crippen LogP contribution is 2.16. The van der Waals surface area contributed by atoms with Crippen LogP contribution in [0.1, 0.15) is 31.4 Å². The number of hydrogen-bond acceptors (Lipinski definition) is 3. The number of amides is 2. The van der Waals surface area contributed by atoms with Crippen LogP contribution in [0.25, 0.3) is 0 Å². The van der Waals surface area contributed by atoms with Crippen LogP contribution in [0.2, 0.25) is 0 Å². The summed E-state index contributed by atoms with van der Waals surface area (Å²) < 4.78 is 35.4. The highest BCUT2D eigenvalue weighted by Gasteiger charge is 2.19. The van der Waals surface area contributed by atoms with Crippen molar-refractivity contribution in [2.24, 2.45) is 0 Å². The summed E-state index contributed by atoms with van der Waals surface area (Å²) in [7, 11) is 0. The molecule has 1 atom stereocenters. The molecule has 1 unspecified atom stereocenters. The SMILES string of the molecule is CCOc1ccc(CN(CCCn2ccnc2)C(=O)NC(C)Cc2c(F)cccc2F)cc1. The summed E-state index contributed by atoms with van der Waals surface area (Å²) in [5.41, 5.74) is 0.938. The third-order valence-electron chi connectivity index (χ3n) is 5.24. The molecule has 2 amide bonds. The number of aromatic nitrogens is 2. The van der Waals surface area contributed by atoms with Gasteiger partial charge in [-0.3, -0.25) is 0 Å². The fraction of sp³-hybridized carbons (Fsp3) is 0.360. The highest BCUT2D eigenvalue weighted by atomic mass is 19.1. The first-order valence-corrected chi connectivity index (χ1v) is 11.1. The van der Waals surface area contributed by atoms with E-state index in [1.54, 1.807) is 24.3 Å². The molecule has 0 spiro atoms. The number of carbonyl (C=O) groups is 1. The molecule has 0 aliphatic carbocycles. The first-order chi connectivity index (χ1) is 16.0. The van der Waals surface area contributed by atoms with Gasteiger partial charge in [-0.15, -0.1) is 0 Å². The van der Waals surface area contributed by atoms with E-state index in [-0.39, 0.29) is 18.0 Å². The molecule has 0 aliphatic heterocycles. The van der Waals surface area contributed by atoms with E-state index in [9.17, 15) is 13.6 Å². The summed E-state index contributed by atoms with van der Waals surface area (Å²) in [5, 5.41) is 2.89. The molecule has 8 heteroatoms. The molecule has 0 aliphatic rings. The van der Waals surface area contributed by atoms with Crippen molar-refractivity contribution in [1.29, 1.82) is 0 Å². The third-order valence-corrected chi connectivity index (χ3v) is 5.24. The predicted octanol–water partition coefficient (Wildman–Crippen LogP) is 4.79. The number of benzene rings is 2. The van der Waals surface area contributed by atoms with Gasteiger partial charge < -0.3 is 19.5 Å². The molecular formula is C25H30F2N4O2. The van der Waals surface area contributed by atoms with Gasteiger partial charge in [0.2, 0.25) is 0 Å². The van der Waals surface area contributed by atoms with Crippen molar-refractivity contribution in [3.63, 3.8) is 0 Å². The Morgan fingerprint density at radius 2 is 1.91 bits per heavy atom. The molecule has 6 nitrogen and oxygen atoms in total. The zero-order valence-electron chi connectivity index (χ0n) is 19.0. The van der Waals surface area contributed by atoms with Crippen LogP contribution in [0.4, 0.5) is 13.6 Å². The van der Waals surface area contributed by atoms with Crippen molar-refractivity contribution in [2.45, 2.75) is 45.8 Å². The number of carbonyl (C=O) groups excluding carboxylic acids is 1. The summed E-state index contributed by atoms with van der Waals surface area (Å²) in [4.78, 5) is 18.8. The van der Waals surface area contributed by atoms with E-state index in [2.05, 4.69) is 10.3 Å². The summed E-state index contributed by atoms with van der Waals surface area (Å²) in [6.45, 7) is 5.89. The van der Waals surface area contributed by atoms with Gasteiger partial charge >= 0.3 is 6.03 Å². The molecular weight excluding hydrogens is 426 g/mol. The normalized spacial score (nSPS) is 11.8. The Balaban J connectivity index is 1.64. The Morgan fingerprint density at radius 3 is 2.55 bits per heavy atom. The quantitative estimate of drug-likeness (QED) is 0.451. The Hall–Kier alpha value is -3.42. The van der Waals surface area contributed by atoms with Crippen molar-refractivity contribution in [3.05, 3.63) is 83.9 Å². The van der Waals surface area contributed by atoms with Crippen LogP contribution in [-0.2, 0) is 19.5 Å². The zero-order chi connectivity index (χ0) is 23.6. The lowest BCUT2D eigenvalue weighted by Crippen LogP contribution is -2.45. The molecule has 3 aromatic rings. The second kappa shape index (κ2) is 12.0. The number of hydrogen-bond donors (Lipinski definition) is 1. The van der Waals surface area contributed by atoms with E-state index in [0.717, 1.165) is 24.3 Å². The maximum atomic E-state index is 14.0. The number of halogens is 2. The molecule has 1 N–H and O–H groups in total. The molecule has 176 valence electrons. The number of aryl methyl sites for hydroxylation is 1. The van der Waals surface area contributed by atoms with Gasteiger partial charge in [-0.25, -0.2) is 18.6 Å². The van der Waals surface area contributed by atoms with Gasteiger partial charge in [0.1, 0.15) is 17.4 Å². The molecule has 33 heavy (non-hydrogen) atoms. The third kappa shape index (κ3) is 7.30. The predicted molar refractivity (Wildman–Crippen MR) is 123 cm³/mol. The number of nitrogens with one attached hydrogen (secondary N) is 1. The van der Waals surface area contributed by atoms with Crippen LogP contribution in [0.15, 0.2) is 61.2 Å². The van der Waals surface area contributed by atoms with Crippen molar-refractivity contribution in [2.75, 3.05) is 13.2 Å². The second-order valence-electron chi connectivity index (χ2n) is 7.91. The maximum Gasteiger partial charge on any atom is 0.317 e. The number of ether oxygens (including phenoxy) is 1. The van der Waals surface area contributed by atoms with E-state index in [1.165, 1.54) is 18.2 Å². The molecule has 0 saturated heterocycles. The van der Waals surface area contributed by atoms with Crippen LogP contribution in [-0.4, -0.2) is 39.7 Å². The van der Waals surface area contributed by atoms with Crippen LogP contribution < -0.4 is 10.1 Å². The summed E-state index contributed by atoms with van der Waals surface area (Å²) in [6, 6.07) is 10.7. The van der Waals surface area contributed by atoms with Crippen LogP contribution in [0.5, 0.6) is 5.75 Å². The molecule has 1 aromatic heterocycles. The van der Waals surface area contributed by atoms with Crippen LogP contribution in [0, 0.1) is 11.6 Å². The lowest BCUT2D eigenvalue weighted by Gasteiger charge is -2.26. The number of rotatable bonds is 11. The van der Waals surface area contributed by atoms with E-state index >= 15 is 0 Å². The number of urea groups is 1. The van der Waals surface area contributed by atoms with E-state index in [0.29, 0.717) is 19.7 Å². The summed E-state index contributed by atoms with van der Waals surface area (Å²) in [6.07, 6.45) is 6.13. The minimum Gasteiger partial charge on any atom is -0.494 e. The average molecular weight is 457 g/mol. The molecule has 2 aromatic carbocycles. The molecule has 0 radical (unpaired) electrons. The van der Waals surface area contributed by atoms with Crippen molar-refractivity contribution >= 4 is 6.03 Å². The fourth-order valence-corrected chi connectivity index (χ4v) is 3.58. The first kappa shape index (κ1) is 24.2. The summed E-state index contributed by atoms with van der Waals surface area (Å²) >= 11 is 0. The van der Waals surface area contributed by atoms with Crippen molar-refractivity contribution in [1.82, 2.24) is 19.8 Å². The lowest BCUT2D eigenvalue weighted by atomic mass is 10.1. The maximum absolute atomic E-state index is 14.0. The Labute approximate surface area is 193 Å². The number of nitrogens with zero attached hydrogens (tertiary/aromatic N) is 3. The van der Waals surface area contributed by atoms with Gasteiger partial charge in [-0.05, 0) is 56.5 Å². The van der Waals surface area contributed by atoms with Gasteiger partial charge in [0.15, 0.2) is 0 Å². The molecule has 3 rings (SSSR count). The van der Waals surface area contributed by atoms with E-state index in [4.69, 9.17) is 4.74 Å². The largest absolute Gasteiger partial charge is 0.494 e. The van der Waals surface area contributed by atoms with Gasteiger partial charge in [0.25, 0.3) is 0 Å². The molecule has 1 heterocycles. The van der Waals surface area contributed by atoms with Crippen molar-refractivity contribution in [3.8, 4) is 5.75 Å². The molecule has 0 fully saturated rings. The van der Waals surface area contributed by atoms with Gasteiger partial charge in [0.05, 0.1) is 12.9 Å². The second-order valence-corrected chi connectivity index (χ2v) is 7.91. The Morgan fingerprint density at radius 1 is 1.18 bits per heavy atom. The fourth-order valence-electron chi connectivity index (χ4n) is 3.58. The van der Waals surface area contributed by atoms with Gasteiger partial charge in [-0.1, -0.05) is 18.2 Å². The molecule has 0 saturated carbocycles. The monoisotopic (exact) mass is 456 g/mol. The van der Waals surface area contributed by atoms with Crippen LogP contribution >= 0.6 is 0 Å². The zero-order valence-corrected chi connectivity index (χ0v) is 19.0. The first-order valence-electron chi connectivity index (χ1n) is 11.1.